The molecule has 2 unspecified atom stereocenters. The molecule has 5 aromatic carbocycles. The summed E-state index contributed by atoms with van der Waals surface area (Å²) < 4.78 is 36.6. The molecule has 6 aromatic rings. The van der Waals surface area contributed by atoms with E-state index < -0.39 is 40.1 Å². The first-order chi connectivity index (χ1) is 25.7. The maximum atomic E-state index is 15.3. The van der Waals surface area contributed by atoms with Gasteiger partial charge in [0.15, 0.2) is 14.0 Å². The highest BCUT2D eigenvalue weighted by Gasteiger charge is 2.62. The number of fused-ring (bicyclic) bond motifs is 1. The normalized spacial score (nSPS) is 16.6. The summed E-state index contributed by atoms with van der Waals surface area (Å²) in [5.41, 5.74) is 3.33. The number of Topliss-reactive ketones (excluding diaryl/α,β-unsaturated/α-hetero) is 1. The monoisotopic (exact) mass is 772 g/mol. The van der Waals surface area contributed by atoms with Gasteiger partial charge in [-0.3, -0.25) is 9.59 Å². The number of benzene rings is 5. The van der Waals surface area contributed by atoms with Gasteiger partial charge in [-0.05, 0) is 58.1 Å². The standard InChI is InChI=1S/C44H44N2O5S2Si/c1-43(2,3)54(5,6)46-41(48)39(40(47)38-30-31-18-16-17-25-37(31)45(38)53(49,50)36-28-26-35(51-4)27-29-36)42(46)52-44(32-19-10-7-11-20-32,33-21-12-8-13-22-33)34-23-14-9-15-24-34/h7-30,39,42H,1-6H3. The summed E-state index contributed by atoms with van der Waals surface area (Å²) in [4.78, 5) is 30.1. The van der Waals surface area contributed by atoms with E-state index in [4.69, 9.17) is 4.74 Å². The fourth-order valence-corrected chi connectivity index (χ4v) is 13.7. The molecule has 0 spiro atoms. The zero-order valence-corrected chi connectivity index (χ0v) is 33.9. The average molecular weight is 773 g/mol. The van der Waals surface area contributed by atoms with Crippen LogP contribution in [0.25, 0.3) is 10.9 Å². The van der Waals surface area contributed by atoms with Crippen molar-refractivity contribution in [1.29, 1.82) is 0 Å². The summed E-state index contributed by atoms with van der Waals surface area (Å²) in [5.74, 6) is -1.43. The predicted molar refractivity (Wildman–Crippen MR) is 220 cm³/mol. The van der Waals surface area contributed by atoms with Crippen molar-refractivity contribution in [3.8, 4) is 5.75 Å². The Morgan fingerprint density at radius 2 is 1.20 bits per heavy atom. The smallest absolute Gasteiger partial charge is 0.268 e. The van der Waals surface area contributed by atoms with Gasteiger partial charge in [0, 0.05) is 5.39 Å². The molecular formula is C44H44N2O5S2Si. The number of amides is 1. The molecule has 1 aliphatic heterocycles. The lowest BCUT2D eigenvalue weighted by molar-refractivity contribution is -0.140. The molecule has 2 heterocycles. The lowest BCUT2D eigenvalue weighted by Crippen LogP contribution is -2.73. The van der Waals surface area contributed by atoms with Crippen molar-refractivity contribution in [2.75, 3.05) is 7.11 Å². The molecule has 0 aliphatic carbocycles. The van der Waals surface area contributed by atoms with Gasteiger partial charge < -0.3 is 9.30 Å². The number of β-lactam (4-membered cyclic amide) rings is 1. The Hall–Kier alpha value is -4.90. The average Bonchev–Trinajstić information content (AvgIpc) is 3.58. The third-order valence-electron chi connectivity index (χ3n) is 11.1. The number of para-hydroxylation sites is 1. The number of ketones is 1. The second kappa shape index (κ2) is 14.1. The Kier molecular flexibility index (Phi) is 9.74. The largest absolute Gasteiger partial charge is 0.497 e. The number of aromatic nitrogens is 1. The van der Waals surface area contributed by atoms with Gasteiger partial charge in [-0.1, -0.05) is 143 Å². The van der Waals surface area contributed by atoms with E-state index in [0.29, 0.717) is 16.7 Å². The van der Waals surface area contributed by atoms with Crippen LogP contribution in [0.1, 0.15) is 48.0 Å². The summed E-state index contributed by atoms with van der Waals surface area (Å²) in [5, 5.41) is -0.277. The molecule has 0 bridgehead atoms. The maximum absolute atomic E-state index is 15.3. The van der Waals surface area contributed by atoms with E-state index >= 15 is 4.79 Å². The molecule has 2 atom stereocenters. The molecule has 1 fully saturated rings. The Bertz CT molecular complexity index is 2330. The van der Waals surface area contributed by atoms with Crippen LogP contribution >= 0.6 is 11.8 Å². The van der Waals surface area contributed by atoms with Crippen LogP contribution in [-0.4, -0.2) is 49.4 Å². The second-order valence-corrected chi connectivity index (χ2v) is 23.4. The quantitative estimate of drug-likeness (QED) is 0.0429. The van der Waals surface area contributed by atoms with Crippen LogP contribution in [0, 0.1) is 5.92 Å². The number of hydrogen-bond donors (Lipinski definition) is 0. The van der Waals surface area contributed by atoms with Crippen LogP contribution in [0.4, 0.5) is 0 Å². The minimum atomic E-state index is -4.29. The van der Waals surface area contributed by atoms with Gasteiger partial charge in [-0.2, -0.15) is 0 Å². The van der Waals surface area contributed by atoms with Crippen LogP contribution in [0.15, 0.2) is 150 Å². The third kappa shape index (κ3) is 6.10. The molecular weight excluding hydrogens is 729 g/mol. The second-order valence-electron chi connectivity index (χ2n) is 15.2. The van der Waals surface area contributed by atoms with Gasteiger partial charge in [0.1, 0.15) is 17.4 Å². The van der Waals surface area contributed by atoms with E-state index in [0.717, 1.165) is 20.7 Å². The molecule has 1 aromatic heterocycles. The lowest BCUT2D eigenvalue weighted by Gasteiger charge is -2.59. The first-order valence-corrected chi connectivity index (χ1v) is 23.2. The zero-order valence-electron chi connectivity index (χ0n) is 31.3. The molecule has 0 radical (unpaired) electrons. The number of carbonyl (C=O) groups is 2. The van der Waals surface area contributed by atoms with Gasteiger partial charge in [0.05, 0.1) is 27.6 Å². The fraction of sp³-hybridized carbons (Fsp3) is 0.227. The summed E-state index contributed by atoms with van der Waals surface area (Å²) in [6, 6.07) is 45.4. The van der Waals surface area contributed by atoms with Crippen LogP contribution in [0.2, 0.25) is 18.1 Å². The molecule has 1 amide bonds. The lowest BCUT2D eigenvalue weighted by atomic mass is 9.84. The highest BCUT2D eigenvalue weighted by Crippen LogP contribution is 2.57. The van der Waals surface area contributed by atoms with E-state index in [1.807, 2.05) is 59.2 Å². The van der Waals surface area contributed by atoms with Crippen LogP contribution in [-0.2, 0) is 19.6 Å². The summed E-state index contributed by atoms with van der Waals surface area (Å²) >= 11 is 1.59. The number of hydrogen-bond acceptors (Lipinski definition) is 6. The number of ether oxygens (including phenoxy) is 1. The number of carbonyl (C=O) groups excluding carboxylic acids is 2. The van der Waals surface area contributed by atoms with E-state index in [2.05, 4.69) is 70.3 Å². The van der Waals surface area contributed by atoms with Crippen LogP contribution < -0.4 is 4.74 Å². The van der Waals surface area contributed by atoms with Crippen molar-refractivity contribution in [3.63, 3.8) is 0 Å². The number of rotatable bonds is 11. The first kappa shape index (κ1) is 37.4. The molecule has 0 N–H and O–H groups in total. The number of methoxy groups -OCH3 is 1. The topological polar surface area (TPSA) is 85.7 Å². The van der Waals surface area contributed by atoms with E-state index in [1.165, 1.54) is 19.2 Å². The van der Waals surface area contributed by atoms with Crippen molar-refractivity contribution < 1.29 is 22.7 Å². The predicted octanol–water partition coefficient (Wildman–Crippen LogP) is 9.58. The number of nitrogens with zero attached hydrogens (tertiary/aromatic N) is 2. The summed E-state index contributed by atoms with van der Waals surface area (Å²) in [7, 11) is -5.38. The fourth-order valence-electron chi connectivity index (χ4n) is 7.26. The Morgan fingerprint density at radius 1 is 0.722 bits per heavy atom. The van der Waals surface area contributed by atoms with Gasteiger partial charge in [0.25, 0.3) is 10.0 Å². The van der Waals surface area contributed by atoms with E-state index in [9.17, 15) is 13.2 Å². The highest BCUT2D eigenvalue weighted by atomic mass is 32.2. The van der Waals surface area contributed by atoms with Gasteiger partial charge in [-0.15, -0.1) is 11.8 Å². The molecule has 54 heavy (non-hydrogen) atoms. The SMILES string of the molecule is COc1ccc(S(=O)(=O)n2c(C(=O)C3C(=O)N([Si](C)(C)C(C)(C)C)C3SC(c3ccccc3)(c3ccccc3)c3ccccc3)cc3ccccc32)cc1. The van der Waals surface area contributed by atoms with Crippen molar-refractivity contribution in [2.24, 2.45) is 5.92 Å². The van der Waals surface area contributed by atoms with Crippen molar-refractivity contribution in [1.82, 2.24) is 8.54 Å². The molecule has 10 heteroatoms. The summed E-state index contributed by atoms with van der Waals surface area (Å²) in [6.45, 7) is 10.8. The molecule has 7 nitrogen and oxygen atoms in total. The van der Waals surface area contributed by atoms with Gasteiger partial charge in [-0.25, -0.2) is 12.4 Å². The van der Waals surface area contributed by atoms with Gasteiger partial charge >= 0.3 is 0 Å². The van der Waals surface area contributed by atoms with E-state index in [-0.39, 0.29) is 21.5 Å². The van der Waals surface area contributed by atoms with Crippen molar-refractivity contribution >= 4 is 52.6 Å². The van der Waals surface area contributed by atoms with Crippen LogP contribution in [0.5, 0.6) is 5.75 Å². The Balaban J connectivity index is 1.45. The summed E-state index contributed by atoms with van der Waals surface area (Å²) in [6.07, 6.45) is 0. The third-order valence-corrected chi connectivity index (χ3v) is 20.2. The molecule has 0 saturated carbocycles. The maximum Gasteiger partial charge on any atom is 0.268 e. The minimum Gasteiger partial charge on any atom is -0.497 e. The molecule has 1 saturated heterocycles. The molecule has 7 rings (SSSR count). The highest BCUT2D eigenvalue weighted by molar-refractivity contribution is 8.01. The van der Waals surface area contributed by atoms with E-state index in [1.54, 1.807) is 54.2 Å². The zero-order chi connectivity index (χ0) is 38.5. The first-order valence-electron chi connectivity index (χ1n) is 18.0. The minimum absolute atomic E-state index is 0.00344. The van der Waals surface area contributed by atoms with Crippen molar-refractivity contribution in [2.45, 2.75) is 53.9 Å². The molecule has 276 valence electrons. The van der Waals surface area contributed by atoms with Crippen molar-refractivity contribution in [3.05, 3.63) is 168 Å². The molecule has 1 aliphatic rings. The van der Waals surface area contributed by atoms with Gasteiger partial charge in [0.2, 0.25) is 5.91 Å². The number of thioether (sulfide) groups is 1. The van der Waals surface area contributed by atoms with Crippen LogP contribution in [0.3, 0.4) is 0 Å². The Labute approximate surface area is 323 Å². The Morgan fingerprint density at radius 3 is 1.69 bits per heavy atom.